The number of alkyl halides is 3. The molecule has 1 aromatic rings. The zero-order chi connectivity index (χ0) is 13.1. The topological polar surface area (TPSA) is 38.7 Å². The van der Waals surface area contributed by atoms with E-state index in [1.54, 1.807) is 30.3 Å². The summed E-state index contributed by atoms with van der Waals surface area (Å²) in [6, 6.07) is 8.18. The monoisotopic (exact) mass is 338 g/mol. The van der Waals surface area contributed by atoms with Gasteiger partial charge in [0.2, 0.25) is 5.06 Å². The summed E-state index contributed by atoms with van der Waals surface area (Å²) in [4.78, 5) is 0. The molecular weight excluding hydrogens is 333 g/mol. The molecule has 1 aromatic carbocycles. The maximum absolute atomic E-state index is 9.40. The quantitative estimate of drug-likeness (QED) is 0.826. The van der Waals surface area contributed by atoms with Crippen LogP contribution in [0.3, 0.4) is 0 Å². The van der Waals surface area contributed by atoms with Crippen LogP contribution in [-0.4, -0.2) is 15.7 Å². The second-order valence-electron chi connectivity index (χ2n) is 3.10. The molecule has 3 unspecified atom stereocenters. The summed E-state index contributed by atoms with van der Waals surface area (Å²) < 4.78 is 9.02. The number of halogens is 5. The third-order valence-corrected chi connectivity index (χ3v) is 4.38. The minimum Gasteiger partial charge on any atom is -0.373 e. The van der Waals surface area contributed by atoms with E-state index in [1.807, 2.05) is 0 Å². The number of hydrogen-bond acceptors (Lipinski definition) is 3. The molecule has 0 fully saturated rings. The number of benzene rings is 1. The molecule has 17 heavy (non-hydrogen) atoms. The van der Waals surface area contributed by atoms with Crippen molar-refractivity contribution in [3.63, 3.8) is 0 Å². The van der Waals surface area contributed by atoms with Crippen molar-refractivity contribution in [1.82, 2.24) is 0 Å². The molecule has 0 radical (unpaired) electrons. The highest BCUT2D eigenvalue weighted by Gasteiger charge is 2.59. The normalized spacial score (nSPS) is 20.4. The van der Waals surface area contributed by atoms with Gasteiger partial charge in [-0.3, -0.25) is 0 Å². The lowest BCUT2D eigenvalue weighted by molar-refractivity contribution is -0.0515. The van der Waals surface area contributed by atoms with Crippen molar-refractivity contribution in [2.24, 2.45) is 0 Å². The molecule has 3 nitrogen and oxygen atoms in total. The van der Waals surface area contributed by atoms with Gasteiger partial charge in [0.15, 0.2) is 5.56 Å². The van der Waals surface area contributed by atoms with Gasteiger partial charge in [-0.05, 0) is 0 Å². The van der Waals surface area contributed by atoms with Crippen LogP contribution >= 0.6 is 58.5 Å². The van der Waals surface area contributed by atoms with Gasteiger partial charge in [-0.25, -0.2) is 8.58 Å². The zero-order valence-corrected chi connectivity index (χ0v) is 11.9. The maximum Gasteiger partial charge on any atom is 0.250 e. The molecule has 0 aromatic heterocycles. The molecular formula is C9H7Cl5O3. The molecule has 0 spiro atoms. The van der Waals surface area contributed by atoms with Crippen LogP contribution in [0.5, 0.6) is 0 Å². The van der Waals surface area contributed by atoms with Crippen LogP contribution in [0.4, 0.5) is 0 Å². The highest BCUT2D eigenvalue weighted by molar-refractivity contribution is 6.39. The van der Waals surface area contributed by atoms with E-state index < -0.39 is 15.7 Å². The molecule has 8 heteroatoms. The van der Waals surface area contributed by atoms with Crippen molar-refractivity contribution in [2.75, 3.05) is 0 Å². The summed E-state index contributed by atoms with van der Waals surface area (Å²) in [6.07, 6.45) is 0. The summed E-state index contributed by atoms with van der Waals surface area (Å²) in [6.45, 7) is 0. The average molecular weight is 340 g/mol. The van der Waals surface area contributed by atoms with E-state index in [0.29, 0.717) is 5.56 Å². The smallest absolute Gasteiger partial charge is 0.250 e. The maximum atomic E-state index is 9.40. The fourth-order valence-electron chi connectivity index (χ4n) is 1.19. The van der Waals surface area contributed by atoms with E-state index in [2.05, 4.69) is 8.58 Å². The van der Waals surface area contributed by atoms with Crippen molar-refractivity contribution in [3.8, 4) is 0 Å². The van der Waals surface area contributed by atoms with Gasteiger partial charge in [0.25, 0.3) is 5.06 Å². The Hall–Kier alpha value is 0.550. The third-order valence-electron chi connectivity index (χ3n) is 2.11. The summed E-state index contributed by atoms with van der Waals surface area (Å²) in [7, 11) is 0. The van der Waals surface area contributed by atoms with Gasteiger partial charge in [-0.2, -0.15) is 0 Å². The first kappa shape index (κ1) is 15.6. The molecule has 1 rings (SSSR count). The van der Waals surface area contributed by atoms with Crippen LogP contribution in [0.25, 0.3) is 0 Å². The van der Waals surface area contributed by atoms with Crippen LogP contribution < -0.4 is 0 Å². The van der Waals surface area contributed by atoms with Crippen LogP contribution in [0.15, 0.2) is 30.3 Å². The predicted octanol–water partition coefficient (Wildman–Crippen LogP) is 3.91. The van der Waals surface area contributed by atoms with Gasteiger partial charge in [0, 0.05) is 5.56 Å². The van der Waals surface area contributed by atoms with E-state index in [4.69, 9.17) is 58.5 Å². The minimum absolute atomic E-state index is 0.312. The molecule has 0 saturated heterocycles. The molecule has 0 aliphatic heterocycles. The molecule has 0 bridgehead atoms. The van der Waals surface area contributed by atoms with Crippen LogP contribution in [0, 0.1) is 0 Å². The van der Waals surface area contributed by atoms with Gasteiger partial charge in [-0.1, -0.05) is 65.1 Å². The van der Waals surface area contributed by atoms with Gasteiger partial charge < -0.3 is 5.11 Å². The van der Waals surface area contributed by atoms with Gasteiger partial charge in [0.05, 0.1) is 23.7 Å². The van der Waals surface area contributed by atoms with Crippen molar-refractivity contribution < 1.29 is 13.7 Å². The lowest BCUT2D eigenvalue weighted by Gasteiger charge is -2.38. The van der Waals surface area contributed by atoms with Crippen LogP contribution in [0.1, 0.15) is 5.56 Å². The van der Waals surface area contributed by atoms with E-state index in [1.165, 1.54) is 0 Å². The SMILES string of the molecule is OC(Cl)C(Cl)(OCl)C(Cl)(OCl)c1ccccc1. The number of aliphatic hydroxyl groups is 1. The fourth-order valence-corrected chi connectivity index (χ4v) is 2.38. The van der Waals surface area contributed by atoms with E-state index in [9.17, 15) is 5.11 Å². The highest BCUT2D eigenvalue weighted by Crippen LogP contribution is 2.50. The third kappa shape index (κ3) is 2.77. The second kappa shape index (κ2) is 6.13. The molecule has 1 N–H and O–H groups in total. The Balaban J connectivity index is 3.29. The van der Waals surface area contributed by atoms with Crippen LogP contribution in [0.2, 0.25) is 0 Å². The lowest BCUT2D eigenvalue weighted by Crippen LogP contribution is -2.51. The number of rotatable bonds is 5. The zero-order valence-electron chi connectivity index (χ0n) is 8.12. The summed E-state index contributed by atoms with van der Waals surface area (Å²) in [5, 5.41) is 5.25. The minimum atomic E-state index is -2.18. The summed E-state index contributed by atoms with van der Waals surface area (Å²) in [5.74, 6) is 0. The molecule has 96 valence electrons. The molecule has 0 saturated carbocycles. The Kier molecular flexibility index (Phi) is 5.63. The van der Waals surface area contributed by atoms with Crippen molar-refractivity contribution in [1.29, 1.82) is 0 Å². The number of aliphatic hydroxyl groups excluding tert-OH is 1. The average Bonchev–Trinajstić information content (AvgIpc) is 2.37. The molecule has 3 atom stereocenters. The van der Waals surface area contributed by atoms with E-state index >= 15 is 0 Å². The Morgan fingerprint density at radius 3 is 1.94 bits per heavy atom. The fraction of sp³-hybridized carbons (Fsp3) is 0.333. The Bertz CT molecular complexity index is 363. The Morgan fingerprint density at radius 1 is 1.06 bits per heavy atom. The largest absolute Gasteiger partial charge is 0.373 e. The highest BCUT2D eigenvalue weighted by atomic mass is 35.5. The Morgan fingerprint density at radius 2 is 1.59 bits per heavy atom. The lowest BCUT2D eigenvalue weighted by atomic mass is 10.0. The second-order valence-corrected chi connectivity index (χ2v) is 4.91. The van der Waals surface area contributed by atoms with Gasteiger partial charge in [0.1, 0.15) is 0 Å². The first-order valence-electron chi connectivity index (χ1n) is 4.27. The van der Waals surface area contributed by atoms with Crippen molar-refractivity contribution >= 4 is 58.5 Å². The standard InChI is InChI=1S/C9H7Cl5O3/c10-7(15)9(12,17-14)8(11,16-13)6-4-2-1-3-5-6/h1-5,7,15H. The Labute approximate surface area is 123 Å². The molecule has 0 amide bonds. The predicted molar refractivity (Wildman–Crippen MR) is 68.3 cm³/mol. The summed E-state index contributed by atoms with van der Waals surface area (Å²) >= 11 is 28.1. The molecule has 0 aliphatic rings. The molecule has 0 heterocycles. The first-order chi connectivity index (χ1) is 7.92. The van der Waals surface area contributed by atoms with Crippen LogP contribution in [-0.2, 0) is 13.6 Å². The van der Waals surface area contributed by atoms with Crippen molar-refractivity contribution in [2.45, 2.75) is 15.7 Å². The van der Waals surface area contributed by atoms with Crippen molar-refractivity contribution in [3.05, 3.63) is 35.9 Å². The molecule has 0 aliphatic carbocycles. The van der Waals surface area contributed by atoms with E-state index in [-0.39, 0.29) is 0 Å². The van der Waals surface area contributed by atoms with E-state index in [0.717, 1.165) is 0 Å². The summed E-state index contributed by atoms with van der Waals surface area (Å²) in [5.41, 5.74) is -1.45. The van der Waals surface area contributed by atoms with Gasteiger partial charge >= 0.3 is 0 Å². The van der Waals surface area contributed by atoms with Gasteiger partial charge in [-0.15, -0.1) is 0 Å². The number of hydrogen-bond donors (Lipinski definition) is 1. The first-order valence-corrected chi connectivity index (χ1v) is 6.08.